The molecular weight excluding hydrogens is 194 g/mol. The van der Waals surface area contributed by atoms with Crippen molar-refractivity contribution in [1.82, 2.24) is 4.90 Å². The Kier molecular flexibility index (Phi) is 3.85. The molecule has 0 aliphatic rings. The van der Waals surface area contributed by atoms with Gasteiger partial charge >= 0.3 is 0 Å². The molecule has 0 amide bonds. The Labute approximate surface area is 89.9 Å². The number of nitrogens with two attached hydrogens (primary N) is 1. The average Bonchev–Trinajstić information content (AvgIpc) is 2.06. The van der Waals surface area contributed by atoms with Crippen LogP contribution in [-0.4, -0.2) is 24.1 Å². The molecule has 3 N–H and O–H groups in total. The van der Waals surface area contributed by atoms with Crippen molar-refractivity contribution in [1.29, 1.82) is 0 Å². The lowest BCUT2D eigenvalue weighted by Gasteiger charge is -2.10. The van der Waals surface area contributed by atoms with Crippen LogP contribution in [-0.2, 0) is 6.54 Å². The maximum absolute atomic E-state index is 5.36. The number of nitrogens with zero attached hydrogens (tertiary/aromatic N) is 1. The number of benzene rings is 1. The first-order valence-corrected chi connectivity index (χ1v) is 4.79. The van der Waals surface area contributed by atoms with Gasteiger partial charge in [0.05, 0.1) is 0 Å². The van der Waals surface area contributed by atoms with Crippen LogP contribution >= 0.6 is 12.2 Å². The van der Waals surface area contributed by atoms with E-state index in [9.17, 15) is 0 Å². The predicted molar refractivity (Wildman–Crippen MR) is 64.2 cm³/mol. The minimum Gasteiger partial charge on any atom is -0.376 e. The quantitative estimate of drug-likeness (QED) is 0.738. The Morgan fingerprint density at radius 3 is 2.36 bits per heavy atom. The molecule has 0 unspecified atom stereocenters. The summed E-state index contributed by atoms with van der Waals surface area (Å²) >= 11 is 4.74. The maximum Gasteiger partial charge on any atom is 0.168 e. The number of anilines is 1. The van der Waals surface area contributed by atoms with Crippen LogP contribution < -0.4 is 11.1 Å². The first-order chi connectivity index (χ1) is 6.58. The summed E-state index contributed by atoms with van der Waals surface area (Å²) in [6, 6.07) is 8.05. The zero-order valence-electron chi connectivity index (χ0n) is 8.45. The lowest BCUT2D eigenvalue weighted by atomic mass is 10.2. The molecule has 0 bridgehead atoms. The van der Waals surface area contributed by atoms with Gasteiger partial charge in [-0.15, -0.1) is 0 Å². The zero-order chi connectivity index (χ0) is 10.6. The van der Waals surface area contributed by atoms with Crippen LogP contribution in [0.15, 0.2) is 24.3 Å². The molecule has 0 saturated heterocycles. The van der Waals surface area contributed by atoms with Crippen LogP contribution in [0.1, 0.15) is 5.56 Å². The van der Waals surface area contributed by atoms with Crippen molar-refractivity contribution in [3.63, 3.8) is 0 Å². The number of rotatable bonds is 3. The minimum absolute atomic E-state index is 0.297. The van der Waals surface area contributed by atoms with Crippen LogP contribution in [0.4, 0.5) is 5.69 Å². The van der Waals surface area contributed by atoms with Crippen molar-refractivity contribution < 1.29 is 0 Å². The van der Waals surface area contributed by atoms with Gasteiger partial charge in [-0.1, -0.05) is 12.1 Å². The second kappa shape index (κ2) is 4.93. The van der Waals surface area contributed by atoms with Crippen LogP contribution in [0.3, 0.4) is 0 Å². The van der Waals surface area contributed by atoms with Gasteiger partial charge < -0.3 is 16.0 Å². The molecule has 76 valence electrons. The fourth-order valence-corrected chi connectivity index (χ4v) is 1.32. The lowest BCUT2D eigenvalue weighted by molar-refractivity contribution is 0.402. The maximum atomic E-state index is 5.36. The van der Waals surface area contributed by atoms with E-state index in [0.29, 0.717) is 5.11 Å². The Morgan fingerprint density at radius 1 is 1.36 bits per heavy atom. The summed E-state index contributed by atoms with van der Waals surface area (Å²) in [6.07, 6.45) is 0. The van der Waals surface area contributed by atoms with Crippen LogP contribution in [0.2, 0.25) is 0 Å². The molecule has 0 aliphatic heterocycles. The van der Waals surface area contributed by atoms with Crippen molar-refractivity contribution in [2.24, 2.45) is 5.73 Å². The van der Waals surface area contributed by atoms with E-state index in [4.69, 9.17) is 18.0 Å². The number of hydrogen-bond donors (Lipinski definition) is 2. The van der Waals surface area contributed by atoms with Crippen molar-refractivity contribution >= 4 is 23.0 Å². The molecule has 0 aromatic heterocycles. The van der Waals surface area contributed by atoms with E-state index in [1.165, 1.54) is 5.56 Å². The molecule has 1 rings (SSSR count). The van der Waals surface area contributed by atoms with Crippen LogP contribution in [0, 0.1) is 0 Å². The van der Waals surface area contributed by atoms with E-state index in [0.717, 1.165) is 12.2 Å². The van der Waals surface area contributed by atoms with E-state index >= 15 is 0 Å². The molecule has 0 atom stereocenters. The zero-order valence-corrected chi connectivity index (χ0v) is 9.27. The Morgan fingerprint density at radius 2 is 1.93 bits per heavy atom. The predicted octanol–water partition coefficient (Wildman–Crippen LogP) is 1.40. The summed E-state index contributed by atoms with van der Waals surface area (Å²) < 4.78 is 0. The smallest absolute Gasteiger partial charge is 0.168 e. The average molecular weight is 209 g/mol. The van der Waals surface area contributed by atoms with Gasteiger partial charge in [0.2, 0.25) is 0 Å². The van der Waals surface area contributed by atoms with Gasteiger partial charge in [-0.3, -0.25) is 0 Å². The third-order valence-corrected chi connectivity index (χ3v) is 1.82. The first-order valence-electron chi connectivity index (χ1n) is 4.38. The highest BCUT2D eigenvalue weighted by Crippen LogP contribution is 2.10. The number of hydrogen-bond acceptors (Lipinski definition) is 2. The van der Waals surface area contributed by atoms with E-state index in [1.807, 2.05) is 26.2 Å². The summed E-state index contributed by atoms with van der Waals surface area (Å²) in [5.74, 6) is 0. The van der Waals surface area contributed by atoms with Gasteiger partial charge in [-0.25, -0.2) is 0 Å². The highest BCUT2D eigenvalue weighted by atomic mass is 32.1. The molecule has 3 nitrogen and oxygen atoms in total. The molecule has 1 aromatic carbocycles. The second-order valence-corrected chi connectivity index (χ2v) is 3.86. The van der Waals surface area contributed by atoms with Gasteiger partial charge in [0, 0.05) is 12.2 Å². The molecule has 1 aromatic rings. The van der Waals surface area contributed by atoms with Gasteiger partial charge in [-0.2, -0.15) is 0 Å². The summed E-state index contributed by atoms with van der Waals surface area (Å²) in [5, 5.41) is 3.18. The van der Waals surface area contributed by atoms with Crippen molar-refractivity contribution in [3.8, 4) is 0 Å². The monoisotopic (exact) mass is 209 g/mol. The molecule has 14 heavy (non-hydrogen) atoms. The second-order valence-electron chi connectivity index (χ2n) is 3.42. The van der Waals surface area contributed by atoms with E-state index in [-0.39, 0.29) is 0 Å². The SMILES string of the molecule is CN(C)Cc1ccc(NC(N)=S)cc1. The van der Waals surface area contributed by atoms with Crippen molar-refractivity contribution in [3.05, 3.63) is 29.8 Å². The summed E-state index contributed by atoms with van der Waals surface area (Å²) in [7, 11) is 4.09. The summed E-state index contributed by atoms with van der Waals surface area (Å²) in [4.78, 5) is 2.12. The van der Waals surface area contributed by atoms with Gasteiger partial charge in [0.25, 0.3) is 0 Å². The normalized spacial score (nSPS) is 10.2. The van der Waals surface area contributed by atoms with Crippen molar-refractivity contribution in [2.75, 3.05) is 19.4 Å². The molecule has 0 heterocycles. The summed E-state index contributed by atoms with van der Waals surface area (Å²) in [6.45, 7) is 0.938. The molecule has 0 saturated carbocycles. The third kappa shape index (κ3) is 3.72. The van der Waals surface area contributed by atoms with Crippen molar-refractivity contribution in [2.45, 2.75) is 6.54 Å². The van der Waals surface area contributed by atoms with Gasteiger partial charge in [0.15, 0.2) is 5.11 Å². The van der Waals surface area contributed by atoms with Crippen LogP contribution in [0.25, 0.3) is 0 Å². The topological polar surface area (TPSA) is 41.3 Å². The Hall–Kier alpha value is -1.13. The Balaban J connectivity index is 2.63. The highest BCUT2D eigenvalue weighted by Gasteiger charge is 1.96. The standard InChI is InChI=1S/C10H15N3S/c1-13(2)7-8-3-5-9(6-4-8)12-10(11)14/h3-6H,7H2,1-2H3,(H3,11,12,14). The third-order valence-electron chi connectivity index (χ3n) is 1.72. The molecular formula is C10H15N3S. The fraction of sp³-hybridized carbons (Fsp3) is 0.300. The number of thiocarbonyl (C=S) groups is 1. The molecule has 0 radical (unpaired) electrons. The van der Waals surface area contributed by atoms with E-state index in [2.05, 4.69) is 22.3 Å². The minimum atomic E-state index is 0.297. The molecule has 0 spiro atoms. The van der Waals surface area contributed by atoms with Gasteiger partial charge in [0.1, 0.15) is 0 Å². The fourth-order valence-electron chi connectivity index (χ4n) is 1.20. The van der Waals surface area contributed by atoms with Gasteiger partial charge in [-0.05, 0) is 44.0 Å². The lowest BCUT2D eigenvalue weighted by Crippen LogP contribution is -2.18. The summed E-state index contributed by atoms with van der Waals surface area (Å²) in [5.41, 5.74) is 7.55. The molecule has 4 heteroatoms. The first kappa shape index (κ1) is 10.9. The molecule has 0 fully saturated rings. The van der Waals surface area contributed by atoms with Crippen LogP contribution in [0.5, 0.6) is 0 Å². The number of nitrogens with one attached hydrogen (secondary N) is 1. The molecule has 0 aliphatic carbocycles. The van der Waals surface area contributed by atoms with E-state index < -0.39 is 0 Å². The van der Waals surface area contributed by atoms with E-state index in [1.54, 1.807) is 0 Å². The largest absolute Gasteiger partial charge is 0.376 e. The Bertz CT molecular complexity index is 306. The highest BCUT2D eigenvalue weighted by molar-refractivity contribution is 7.80.